The molecule has 0 unspecified atom stereocenters. The van der Waals surface area contributed by atoms with Crippen molar-refractivity contribution < 1.29 is 9.47 Å². The molecule has 0 aliphatic carbocycles. The van der Waals surface area contributed by atoms with Crippen LogP contribution in [0.5, 0.6) is 11.5 Å². The molecule has 0 aliphatic heterocycles. The highest BCUT2D eigenvalue weighted by molar-refractivity contribution is 5.66. The van der Waals surface area contributed by atoms with Gasteiger partial charge in [-0.05, 0) is 25.0 Å². The third-order valence-corrected chi connectivity index (χ3v) is 2.49. The lowest BCUT2D eigenvalue weighted by Crippen LogP contribution is -2.00. The van der Waals surface area contributed by atoms with Gasteiger partial charge in [0.2, 0.25) is 0 Å². The van der Waals surface area contributed by atoms with Gasteiger partial charge in [-0.2, -0.15) is 0 Å². The van der Waals surface area contributed by atoms with Gasteiger partial charge in [-0.1, -0.05) is 0 Å². The molecule has 0 fully saturated rings. The maximum absolute atomic E-state index is 5.33. The van der Waals surface area contributed by atoms with Crippen molar-refractivity contribution >= 4 is 5.69 Å². The van der Waals surface area contributed by atoms with Crippen molar-refractivity contribution in [1.29, 1.82) is 0 Å². The number of ether oxygens (including phenoxy) is 2. The third kappa shape index (κ3) is 1.62. The first-order valence-electron chi connectivity index (χ1n) is 4.55. The predicted octanol–water partition coefficient (Wildman–Crippen LogP) is 2.36. The Morgan fingerprint density at radius 2 is 1.71 bits per heavy atom. The smallest absolute Gasteiger partial charge is 0.145 e. The molecule has 0 saturated carbocycles. The Balaban J connectivity index is 3.38. The van der Waals surface area contributed by atoms with Gasteiger partial charge in [0, 0.05) is 13.1 Å². The van der Waals surface area contributed by atoms with E-state index in [-0.39, 0.29) is 0 Å². The number of hydrogen-bond acceptors (Lipinski definition) is 3. The first-order chi connectivity index (χ1) is 6.65. The zero-order chi connectivity index (χ0) is 10.7. The first kappa shape index (κ1) is 10.7. The summed E-state index contributed by atoms with van der Waals surface area (Å²) >= 11 is 0. The largest absolute Gasteiger partial charge is 0.496 e. The summed E-state index contributed by atoms with van der Waals surface area (Å²) in [5.41, 5.74) is 3.17. The molecule has 0 bridgehead atoms. The number of rotatable bonds is 3. The van der Waals surface area contributed by atoms with E-state index in [2.05, 4.69) is 5.32 Å². The Hall–Kier alpha value is -1.38. The van der Waals surface area contributed by atoms with Crippen LogP contribution in [0.15, 0.2) is 6.07 Å². The summed E-state index contributed by atoms with van der Waals surface area (Å²) in [4.78, 5) is 0. The summed E-state index contributed by atoms with van der Waals surface area (Å²) in [6.07, 6.45) is 0. The molecule has 0 spiro atoms. The number of anilines is 1. The van der Waals surface area contributed by atoms with E-state index in [9.17, 15) is 0 Å². The van der Waals surface area contributed by atoms with Gasteiger partial charge in [0.05, 0.1) is 19.9 Å². The molecular weight excluding hydrogens is 178 g/mol. The average molecular weight is 195 g/mol. The molecule has 78 valence electrons. The van der Waals surface area contributed by atoms with Crippen LogP contribution in [0.25, 0.3) is 0 Å². The molecule has 0 amide bonds. The number of benzene rings is 1. The fourth-order valence-corrected chi connectivity index (χ4v) is 1.52. The minimum atomic E-state index is 0.880. The van der Waals surface area contributed by atoms with E-state index in [4.69, 9.17) is 9.47 Å². The number of methoxy groups -OCH3 is 2. The normalized spacial score (nSPS) is 9.79. The second-order valence-electron chi connectivity index (χ2n) is 3.16. The van der Waals surface area contributed by atoms with E-state index in [1.807, 2.05) is 27.0 Å². The van der Waals surface area contributed by atoms with Crippen molar-refractivity contribution in [2.75, 3.05) is 26.6 Å². The van der Waals surface area contributed by atoms with Gasteiger partial charge in [-0.3, -0.25) is 0 Å². The minimum Gasteiger partial charge on any atom is -0.496 e. The Bertz CT molecular complexity index is 335. The van der Waals surface area contributed by atoms with Crippen molar-refractivity contribution in [1.82, 2.24) is 0 Å². The summed E-state index contributed by atoms with van der Waals surface area (Å²) < 4.78 is 10.6. The third-order valence-electron chi connectivity index (χ3n) is 2.49. The highest BCUT2D eigenvalue weighted by Crippen LogP contribution is 2.36. The molecule has 3 heteroatoms. The molecule has 3 nitrogen and oxygen atoms in total. The van der Waals surface area contributed by atoms with E-state index < -0.39 is 0 Å². The monoisotopic (exact) mass is 195 g/mol. The molecule has 0 heterocycles. The van der Waals surface area contributed by atoms with Crippen LogP contribution in [0.2, 0.25) is 0 Å². The van der Waals surface area contributed by atoms with Gasteiger partial charge in [-0.25, -0.2) is 0 Å². The summed E-state index contributed by atoms with van der Waals surface area (Å²) in [5.74, 6) is 1.76. The van der Waals surface area contributed by atoms with E-state index in [1.165, 1.54) is 0 Å². The lowest BCUT2D eigenvalue weighted by atomic mass is 10.1. The summed E-state index contributed by atoms with van der Waals surface area (Å²) in [6.45, 7) is 4.05. The van der Waals surface area contributed by atoms with Gasteiger partial charge in [0.25, 0.3) is 0 Å². The molecule has 0 atom stereocenters. The van der Waals surface area contributed by atoms with E-state index in [0.29, 0.717) is 0 Å². The quantitative estimate of drug-likeness (QED) is 0.803. The zero-order valence-corrected chi connectivity index (χ0v) is 9.39. The Labute approximate surface area is 85.0 Å². The molecular formula is C11H17NO2. The topological polar surface area (TPSA) is 30.5 Å². The molecule has 0 aliphatic rings. The van der Waals surface area contributed by atoms with Crippen molar-refractivity contribution in [3.05, 3.63) is 17.2 Å². The summed E-state index contributed by atoms with van der Waals surface area (Å²) in [5, 5.41) is 3.08. The lowest BCUT2D eigenvalue weighted by molar-refractivity contribution is 0.399. The van der Waals surface area contributed by atoms with Crippen LogP contribution in [0.4, 0.5) is 5.69 Å². The molecule has 1 rings (SSSR count). The van der Waals surface area contributed by atoms with E-state index in [0.717, 1.165) is 28.3 Å². The van der Waals surface area contributed by atoms with Crippen molar-refractivity contribution in [3.63, 3.8) is 0 Å². The molecule has 0 radical (unpaired) electrons. The van der Waals surface area contributed by atoms with E-state index in [1.54, 1.807) is 14.2 Å². The van der Waals surface area contributed by atoms with Crippen LogP contribution < -0.4 is 14.8 Å². The first-order valence-corrected chi connectivity index (χ1v) is 4.55. The van der Waals surface area contributed by atoms with Gasteiger partial charge in [0.15, 0.2) is 0 Å². The standard InChI is InChI=1S/C11H17NO2/c1-7-8(2)11(14-5)9(12-3)6-10(7)13-4/h6,12H,1-5H3. The predicted molar refractivity (Wildman–Crippen MR) is 58.6 cm³/mol. The van der Waals surface area contributed by atoms with Crippen molar-refractivity contribution in [2.24, 2.45) is 0 Å². The minimum absolute atomic E-state index is 0.880. The molecule has 0 aromatic heterocycles. The zero-order valence-electron chi connectivity index (χ0n) is 9.39. The van der Waals surface area contributed by atoms with Gasteiger partial charge >= 0.3 is 0 Å². The maximum atomic E-state index is 5.33. The van der Waals surface area contributed by atoms with Gasteiger partial charge in [0.1, 0.15) is 11.5 Å². The Morgan fingerprint density at radius 3 is 2.14 bits per heavy atom. The van der Waals surface area contributed by atoms with Crippen LogP contribution >= 0.6 is 0 Å². The average Bonchev–Trinajstić information content (AvgIpc) is 2.21. The number of nitrogens with one attached hydrogen (secondary N) is 1. The van der Waals surface area contributed by atoms with Gasteiger partial charge in [-0.15, -0.1) is 0 Å². The SMILES string of the molecule is CNc1cc(OC)c(C)c(C)c1OC. The summed E-state index contributed by atoms with van der Waals surface area (Å²) in [6, 6.07) is 1.95. The van der Waals surface area contributed by atoms with Crippen LogP contribution in [-0.4, -0.2) is 21.3 Å². The van der Waals surface area contributed by atoms with Crippen molar-refractivity contribution in [3.8, 4) is 11.5 Å². The maximum Gasteiger partial charge on any atom is 0.145 e. The Morgan fingerprint density at radius 1 is 1.07 bits per heavy atom. The summed E-state index contributed by atoms with van der Waals surface area (Å²) in [7, 11) is 5.22. The molecule has 0 saturated heterocycles. The van der Waals surface area contributed by atoms with E-state index >= 15 is 0 Å². The second-order valence-corrected chi connectivity index (χ2v) is 3.16. The molecule has 1 N–H and O–H groups in total. The van der Waals surface area contributed by atoms with Crippen LogP contribution in [-0.2, 0) is 0 Å². The molecule has 1 aromatic rings. The molecule has 1 aromatic carbocycles. The fourth-order valence-electron chi connectivity index (χ4n) is 1.52. The Kier molecular flexibility index (Phi) is 3.23. The highest BCUT2D eigenvalue weighted by atomic mass is 16.5. The second kappa shape index (κ2) is 4.22. The van der Waals surface area contributed by atoms with Crippen molar-refractivity contribution in [2.45, 2.75) is 13.8 Å². The highest BCUT2D eigenvalue weighted by Gasteiger charge is 2.12. The van der Waals surface area contributed by atoms with Gasteiger partial charge < -0.3 is 14.8 Å². The fraction of sp³-hybridized carbons (Fsp3) is 0.455. The van der Waals surface area contributed by atoms with Crippen LogP contribution in [0.3, 0.4) is 0 Å². The van der Waals surface area contributed by atoms with Crippen LogP contribution in [0, 0.1) is 13.8 Å². The lowest BCUT2D eigenvalue weighted by Gasteiger charge is -2.16. The number of hydrogen-bond donors (Lipinski definition) is 1. The molecule has 14 heavy (non-hydrogen) atoms. The van der Waals surface area contributed by atoms with Crippen LogP contribution in [0.1, 0.15) is 11.1 Å².